The van der Waals surface area contributed by atoms with Crippen LogP contribution in [0.15, 0.2) is 72.9 Å². The van der Waals surface area contributed by atoms with Gasteiger partial charge in [-0.1, -0.05) is 6.07 Å². The van der Waals surface area contributed by atoms with E-state index in [4.69, 9.17) is 0 Å². The van der Waals surface area contributed by atoms with Gasteiger partial charge in [0.1, 0.15) is 0 Å². The first-order valence-electron chi connectivity index (χ1n) is 8.73. The first kappa shape index (κ1) is 19.0. The van der Waals surface area contributed by atoms with E-state index in [2.05, 4.69) is 15.6 Å². The largest absolute Gasteiger partial charge is 0.346 e. The Labute approximate surface area is 162 Å². The number of carbonyl (C=O) groups excluding carboxylic acids is 3. The summed E-state index contributed by atoms with van der Waals surface area (Å²) in [6.45, 7) is 1.82. The molecule has 0 radical (unpaired) electrons. The van der Waals surface area contributed by atoms with Gasteiger partial charge in [-0.05, 0) is 67.6 Å². The maximum Gasteiger partial charge on any atom is 0.255 e. The molecule has 6 nitrogen and oxygen atoms in total. The van der Waals surface area contributed by atoms with Crippen molar-refractivity contribution in [2.24, 2.45) is 0 Å². The smallest absolute Gasteiger partial charge is 0.255 e. The molecule has 2 aromatic carbocycles. The lowest BCUT2D eigenvalue weighted by atomic mass is 10.1. The van der Waals surface area contributed by atoms with Gasteiger partial charge in [0.15, 0.2) is 5.78 Å². The van der Waals surface area contributed by atoms with E-state index in [1.54, 1.807) is 54.7 Å². The van der Waals surface area contributed by atoms with Crippen LogP contribution in [-0.2, 0) is 6.54 Å². The molecule has 0 spiro atoms. The van der Waals surface area contributed by atoms with Gasteiger partial charge in [-0.3, -0.25) is 19.4 Å². The number of benzene rings is 2. The van der Waals surface area contributed by atoms with E-state index in [1.165, 1.54) is 6.92 Å². The van der Waals surface area contributed by atoms with Crippen molar-refractivity contribution in [2.75, 3.05) is 5.32 Å². The van der Waals surface area contributed by atoms with Crippen LogP contribution in [0.5, 0.6) is 0 Å². The molecule has 0 atom stereocenters. The Kier molecular flexibility index (Phi) is 5.91. The first-order valence-corrected chi connectivity index (χ1v) is 8.73. The van der Waals surface area contributed by atoms with Crippen LogP contribution in [0.2, 0.25) is 0 Å². The number of ketones is 1. The van der Waals surface area contributed by atoms with Crippen LogP contribution in [0.4, 0.5) is 5.69 Å². The highest BCUT2D eigenvalue weighted by molar-refractivity contribution is 6.05. The molecule has 6 heteroatoms. The highest BCUT2D eigenvalue weighted by Gasteiger charge is 2.10. The number of aromatic nitrogens is 1. The third-order valence-electron chi connectivity index (χ3n) is 4.11. The van der Waals surface area contributed by atoms with Gasteiger partial charge >= 0.3 is 0 Å². The molecule has 2 amide bonds. The van der Waals surface area contributed by atoms with Gasteiger partial charge < -0.3 is 10.6 Å². The lowest BCUT2D eigenvalue weighted by molar-refractivity contribution is 0.0948. The number of nitrogens with one attached hydrogen (secondary N) is 2. The number of nitrogens with zero attached hydrogens (tertiary/aromatic N) is 1. The average molecular weight is 373 g/mol. The summed E-state index contributed by atoms with van der Waals surface area (Å²) in [5.41, 5.74) is 2.82. The van der Waals surface area contributed by atoms with E-state index in [0.717, 1.165) is 5.69 Å². The first-order chi connectivity index (χ1) is 13.5. The summed E-state index contributed by atoms with van der Waals surface area (Å²) in [6, 6.07) is 18.5. The van der Waals surface area contributed by atoms with E-state index >= 15 is 0 Å². The Hall–Kier alpha value is -3.80. The van der Waals surface area contributed by atoms with Crippen molar-refractivity contribution in [1.82, 2.24) is 10.3 Å². The van der Waals surface area contributed by atoms with E-state index in [9.17, 15) is 14.4 Å². The van der Waals surface area contributed by atoms with Crippen molar-refractivity contribution in [3.8, 4) is 0 Å². The minimum absolute atomic E-state index is 0.0326. The van der Waals surface area contributed by atoms with Gasteiger partial charge in [0.2, 0.25) is 0 Å². The molecule has 0 saturated carbocycles. The molecule has 0 aliphatic heterocycles. The van der Waals surface area contributed by atoms with Crippen molar-refractivity contribution in [1.29, 1.82) is 0 Å². The number of carbonyl (C=O) groups is 3. The lowest BCUT2D eigenvalue weighted by Gasteiger charge is -2.08. The fourth-order valence-corrected chi connectivity index (χ4v) is 2.54. The Bertz CT molecular complexity index is 982. The molecule has 0 aliphatic carbocycles. The van der Waals surface area contributed by atoms with Crippen LogP contribution >= 0.6 is 0 Å². The Morgan fingerprint density at radius 2 is 1.39 bits per heavy atom. The molecule has 1 heterocycles. The molecular formula is C22H19N3O3. The molecule has 0 saturated heterocycles. The average Bonchev–Trinajstić information content (AvgIpc) is 2.73. The van der Waals surface area contributed by atoms with Crippen molar-refractivity contribution in [3.05, 3.63) is 95.3 Å². The Morgan fingerprint density at radius 3 is 1.96 bits per heavy atom. The zero-order chi connectivity index (χ0) is 19.9. The number of rotatable bonds is 6. The normalized spacial score (nSPS) is 10.2. The topological polar surface area (TPSA) is 88.2 Å². The lowest BCUT2D eigenvalue weighted by Crippen LogP contribution is -2.23. The second-order valence-electron chi connectivity index (χ2n) is 6.17. The fraction of sp³-hybridized carbons (Fsp3) is 0.0909. The molecule has 3 rings (SSSR count). The van der Waals surface area contributed by atoms with Crippen LogP contribution in [0.3, 0.4) is 0 Å². The Balaban J connectivity index is 1.59. The standard InChI is InChI=1S/C22H19N3O3/c1-15(26)16-9-11-19(12-10-16)25-22(28)18-7-5-17(6-8-18)21(27)24-14-20-4-2-3-13-23-20/h2-13H,14H2,1H3,(H,24,27)(H,25,28). The predicted molar refractivity (Wildman–Crippen MR) is 106 cm³/mol. The third-order valence-corrected chi connectivity index (χ3v) is 4.11. The van der Waals surface area contributed by atoms with Crippen LogP contribution in [0.25, 0.3) is 0 Å². The van der Waals surface area contributed by atoms with E-state index in [-0.39, 0.29) is 17.6 Å². The zero-order valence-electron chi connectivity index (χ0n) is 15.3. The van der Waals surface area contributed by atoms with Gasteiger partial charge in [-0.25, -0.2) is 0 Å². The minimum atomic E-state index is -0.295. The Morgan fingerprint density at radius 1 is 0.786 bits per heavy atom. The molecule has 3 aromatic rings. The van der Waals surface area contributed by atoms with E-state index in [0.29, 0.717) is 28.9 Å². The number of pyridine rings is 1. The zero-order valence-corrected chi connectivity index (χ0v) is 15.3. The molecule has 0 aliphatic rings. The molecule has 28 heavy (non-hydrogen) atoms. The van der Waals surface area contributed by atoms with Gasteiger partial charge in [-0.2, -0.15) is 0 Å². The number of anilines is 1. The monoisotopic (exact) mass is 373 g/mol. The molecule has 0 fully saturated rings. The maximum atomic E-state index is 12.3. The van der Waals surface area contributed by atoms with Crippen LogP contribution in [-0.4, -0.2) is 22.6 Å². The summed E-state index contributed by atoms with van der Waals surface area (Å²) in [7, 11) is 0. The van der Waals surface area contributed by atoms with E-state index < -0.39 is 0 Å². The van der Waals surface area contributed by atoms with Gasteiger partial charge in [0.05, 0.1) is 12.2 Å². The quantitative estimate of drug-likeness (QED) is 0.648. The maximum absolute atomic E-state index is 12.3. The SMILES string of the molecule is CC(=O)c1ccc(NC(=O)c2ccc(C(=O)NCc3ccccn3)cc2)cc1. The van der Waals surface area contributed by atoms with Gasteiger partial charge in [-0.15, -0.1) is 0 Å². The van der Waals surface area contributed by atoms with Crippen LogP contribution in [0.1, 0.15) is 43.7 Å². The minimum Gasteiger partial charge on any atom is -0.346 e. The summed E-state index contributed by atoms with van der Waals surface area (Å²) < 4.78 is 0. The summed E-state index contributed by atoms with van der Waals surface area (Å²) in [4.78, 5) is 40.0. The highest BCUT2D eigenvalue weighted by Crippen LogP contribution is 2.13. The molecule has 0 bridgehead atoms. The molecule has 1 aromatic heterocycles. The van der Waals surface area contributed by atoms with Crippen LogP contribution in [0, 0.1) is 0 Å². The summed E-state index contributed by atoms with van der Waals surface area (Å²) >= 11 is 0. The van der Waals surface area contributed by atoms with E-state index in [1.807, 2.05) is 18.2 Å². The third kappa shape index (κ3) is 4.88. The molecule has 2 N–H and O–H groups in total. The van der Waals surface area contributed by atoms with Gasteiger partial charge in [0.25, 0.3) is 11.8 Å². The number of hydrogen-bond donors (Lipinski definition) is 2. The molecule has 140 valence electrons. The van der Waals surface area contributed by atoms with Crippen molar-refractivity contribution in [2.45, 2.75) is 13.5 Å². The number of amides is 2. The van der Waals surface area contributed by atoms with Crippen LogP contribution < -0.4 is 10.6 Å². The van der Waals surface area contributed by atoms with Crippen molar-refractivity contribution in [3.63, 3.8) is 0 Å². The molecule has 0 unspecified atom stereocenters. The summed E-state index contributed by atoms with van der Waals surface area (Å²) in [6.07, 6.45) is 1.67. The molecular weight excluding hydrogens is 354 g/mol. The summed E-state index contributed by atoms with van der Waals surface area (Å²) in [5.74, 6) is -0.566. The predicted octanol–water partition coefficient (Wildman–Crippen LogP) is 3.47. The second-order valence-corrected chi connectivity index (χ2v) is 6.17. The highest BCUT2D eigenvalue weighted by atomic mass is 16.2. The fourth-order valence-electron chi connectivity index (χ4n) is 2.54. The number of Topliss-reactive ketones (excluding diaryl/α,β-unsaturated/α-hetero) is 1. The second kappa shape index (κ2) is 8.73. The van der Waals surface area contributed by atoms with Crippen molar-refractivity contribution < 1.29 is 14.4 Å². The number of hydrogen-bond acceptors (Lipinski definition) is 4. The van der Waals surface area contributed by atoms with Crippen molar-refractivity contribution >= 4 is 23.3 Å². The summed E-state index contributed by atoms with van der Waals surface area (Å²) in [5, 5.41) is 5.55. The van der Waals surface area contributed by atoms with Gasteiger partial charge in [0, 0.05) is 28.6 Å².